The molecule has 2 nitrogen and oxygen atoms in total. The van der Waals surface area contributed by atoms with Crippen molar-refractivity contribution in [2.75, 3.05) is 13.2 Å². The van der Waals surface area contributed by atoms with E-state index in [4.69, 9.17) is 9.31 Å². The Morgan fingerprint density at radius 1 is 0.920 bits per heavy atom. The molecule has 0 amide bonds. The predicted octanol–water partition coefficient (Wildman–Crippen LogP) is 5.03. The van der Waals surface area contributed by atoms with Gasteiger partial charge in [-0.2, -0.15) is 0 Å². The maximum atomic E-state index is 14.4. The highest BCUT2D eigenvalue weighted by atomic mass is 19.1. The van der Waals surface area contributed by atoms with E-state index >= 15 is 0 Å². The molecule has 0 N–H and O–H groups in total. The van der Waals surface area contributed by atoms with Crippen molar-refractivity contribution < 1.29 is 18.1 Å². The zero-order valence-corrected chi connectivity index (χ0v) is 15.7. The molecule has 1 aromatic rings. The van der Waals surface area contributed by atoms with Crippen LogP contribution in [0.4, 0.5) is 8.78 Å². The van der Waals surface area contributed by atoms with E-state index in [-0.39, 0.29) is 5.46 Å². The first-order chi connectivity index (χ1) is 12.2. The Kier molecular flexibility index (Phi) is 8.90. The number of hydrogen-bond acceptors (Lipinski definition) is 2. The molecule has 1 aliphatic heterocycles. The van der Waals surface area contributed by atoms with Crippen LogP contribution in [0.1, 0.15) is 70.8 Å². The number of unbranched alkanes of at least 4 members (excludes halogenated alkanes) is 5. The minimum atomic E-state index is -0.920. The van der Waals surface area contributed by atoms with Crippen LogP contribution in [0.2, 0.25) is 0 Å². The van der Waals surface area contributed by atoms with Gasteiger partial charge in [0.15, 0.2) is 0 Å². The molecule has 0 atom stereocenters. The van der Waals surface area contributed by atoms with Gasteiger partial charge in [0.25, 0.3) is 0 Å². The zero-order chi connectivity index (χ0) is 18.1. The minimum absolute atomic E-state index is 0.0799. The zero-order valence-electron chi connectivity index (χ0n) is 15.7. The first-order valence-electron chi connectivity index (χ1n) is 9.86. The number of aryl methyl sites for hydroxylation is 1. The molecule has 0 aliphatic carbocycles. The molecular formula is C20H31BF2O2. The Hall–Kier alpha value is -0.935. The van der Waals surface area contributed by atoms with E-state index in [2.05, 4.69) is 13.8 Å². The highest BCUT2D eigenvalue weighted by Crippen LogP contribution is 2.19. The van der Waals surface area contributed by atoms with Crippen molar-refractivity contribution in [2.24, 2.45) is 5.92 Å². The van der Waals surface area contributed by atoms with Gasteiger partial charge in [0.1, 0.15) is 11.6 Å². The monoisotopic (exact) mass is 352 g/mol. The standard InChI is InChI=1S/C20H31BF2O2/c1-3-5-7-9-11-17-14-24-21(25-15-17)20-18(22)12-16(13-19(20)23)10-8-6-4-2/h12-13,17H,3-11,14-15H2,1-2H3. The summed E-state index contributed by atoms with van der Waals surface area (Å²) in [6, 6.07) is 2.86. The molecule has 1 aliphatic rings. The molecule has 0 unspecified atom stereocenters. The number of rotatable bonds is 10. The second-order valence-corrected chi connectivity index (χ2v) is 7.14. The third-order valence-electron chi connectivity index (χ3n) is 4.88. The van der Waals surface area contributed by atoms with Crippen LogP contribution in [0.3, 0.4) is 0 Å². The average Bonchev–Trinajstić information content (AvgIpc) is 2.60. The first-order valence-corrected chi connectivity index (χ1v) is 9.86. The Morgan fingerprint density at radius 3 is 2.12 bits per heavy atom. The SMILES string of the molecule is CCCCCCC1COB(c2c(F)cc(CCCCC)cc2F)OC1. The smallest absolute Gasteiger partial charge is 0.407 e. The fourth-order valence-electron chi connectivity index (χ4n) is 3.32. The summed E-state index contributed by atoms with van der Waals surface area (Å²) in [4.78, 5) is 0. The molecule has 140 valence electrons. The Bertz CT molecular complexity index is 493. The second kappa shape index (κ2) is 10.9. The topological polar surface area (TPSA) is 18.5 Å². The summed E-state index contributed by atoms with van der Waals surface area (Å²) < 4.78 is 40.0. The van der Waals surface area contributed by atoms with E-state index in [1.807, 2.05) is 0 Å². The van der Waals surface area contributed by atoms with E-state index in [1.165, 1.54) is 31.4 Å². The largest absolute Gasteiger partial charge is 0.499 e. The van der Waals surface area contributed by atoms with E-state index in [0.717, 1.165) is 32.1 Å². The van der Waals surface area contributed by atoms with E-state index < -0.39 is 18.8 Å². The predicted molar refractivity (Wildman–Crippen MR) is 99.1 cm³/mol. The van der Waals surface area contributed by atoms with Gasteiger partial charge in [-0.25, -0.2) is 8.78 Å². The van der Waals surface area contributed by atoms with Crippen LogP contribution in [0.15, 0.2) is 12.1 Å². The Balaban J connectivity index is 1.87. The lowest BCUT2D eigenvalue weighted by atomic mass is 9.75. The average molecular weight is 352 g/mol. The summed E-state index contributed by atoms with van der Waals surface area (Å²) in [6.07, 6.45) is 9.70. The fourth-order valence-corrected chi connectivity index (χ4v) is 3.32. The summed E-state index contributed by atoms with van der Waals surface area (Å²) in [5.41, 5.74) is 0.625. The molecule has 1 saturated heterocycles. The van der Waals surface area contributed by atoms with Crippen LogP contribution in [0.5, 0.6) is 0 Å². The highest BCUT2D eigenvalue weighted by Gasteiger charge is 2.34. The van der Waals surface area contributed by atoms with E-state index in [9.17, 15) is 8.78 Å². The summed E-state index contributed by atoms with van der Waals surface area (Å²) in [6.45, 7) is 5.32. The lowest BCUT2D eigenvalue weighted by Crippen LogP contribution is -2.47. The third kappa shape index (κ3) is 6.38. The van der Waals surface area contributed by atoms with Crippen LogP contribution in [0, 0.1) is 17.6 Å². The molecule has 2 rings (SSSR count). The number of halogens is 2. The van der Waals surface area contributed by atoms with Gasteiger partial charge in [-0.1, -0.05) is 52.4 Å². The molecule has 1 aromatic carbocycles. The summed E-state index contributed by atoms with van der Waals surface area (Å²) in [5.74, 6) is -0.789. The Morgan fingerprint density at radius 2 is 1.52 bits per heavy atom. The third-order valence-corrected chi connectivity index (χ3v) is 4.88. The molecule has 0 aromatic heterocycles. The molecule has 0 radical (unpaired) electrons. The number of benzene rings is 1. The lowest BCUT2D eigenvalue weighted by Gasteiger charge is -2.28. The van der Waals surface area contributed by atoms with Crippen molar-refractivity contribution in [3.63, 3.8) is 0 Å². The maximum Gasteiger partial charge on any atom is 0.499 e. The summed E-state index contributed by atoms with van der Waals surface area (Å²) in [5, 5.41) is 0. The van der Waals surface area contributed by atoms with Crippen LogP contribution < -0.4 is 5.46 Å². The first kappa shape index (κ1) is 20.4. The van der Waals surface area contributed by atoms with Crippen molar-refractivity contribution in [2.45, 2.75) is 71.6 Å². The van der Waals surface area contributed by atoms with Crippen LogP contribution in [0.25, 0.3) is 0 Å². The molecule has 1 heterocycles. The van der Waals surface area contributed by atoms with Crippen LogP contribution >= 0.6 is 0 Å². The van der Waals surface area contributed by atoms with Crippen molar-refractivity contribution in [3.05, 3.63) is 29.3 Å². The lowest BCUT2D eigenvalue weighted by molar-refractivity contribution is 0.0803. The van der Waals surface area contributed by atoms with Gasteiger partial charge in [0, 0.05) is 19.1 Å². The normalized spacial score (nSPS) is 15.8. The highest BCUT2D eigenvalue weighted by molar-refractivity contribution is 6.61. The van der Waals surface area contributed by atoms with Gasteiger partial charge >= 0.3 is 7.12 Å². The molecule has 5 heteroatoms. The van der Waals surface area contributed by atoms with Gasteiger partial charge in [0.2, 0.25) is 0 Å². The van der Waals surface area contributed by atoms with Crippen molar-refractivity contribution >= 4 is 12.6 Å². The molecule has 0 saturated carbocycles. The second-order valence-electron chi connectivity index (χ2n) is 7.14. The quantitative estimate of drug-likeness (QED) is 0.435. The fraction of sp³-hybridized carbons (Fsp3) is 0.700. The molecule has 0 spiro atoms. The molecule has 0 bridgehead atoms. The van der Waals surface area contributed by atoms with Crippen LogP contribution in [-0.4, -0.2) is 20.3 Å². The van der Waals surface area contributed by atoms with Gasteiger partial charge in [-0.05, 0) is 37.0 Å². The van der Waals surface area contributed by atoms with Gasteiger partial charge in [-0.3, -0.25) is 0 Å². The van der Waals surface area contributed by atoms with Gasteiger partial charge < -0.3 is 9.31 Å². The van der Waals surface area contributed by atoms with Crippen molar-refractivity contribution in [3.8, 4) is 0 Å². The van der Waals surface area contributed by atoms with E-state index in [0.29, 0.717) is 31.1 Å². The molecule has 1 fully saturated rings. The van der Waals surface area contributed by atoms with Gasteiger partial charge in [-0.15, -0.1) is 0 Å². The molecule has 25 heavy (non-hydrogen) atoms. The number of hydrogen-bond donors (Lipinski definition) is 0. The van der Waals surface area contributed by atoms with E-state index in [1.54, 1.807) is 0 Å². The molecular weight excluding hydrogens is 321 g/mol. The van der Waals surface area contributed by atoms with Crippen molar-refractivity contribution in [1.82, 2.24) is 0 Å². The van der Waals surface area contributed by atoms with Gasteiger partial charge in [0.05, 0.1) is 5.46 Å². The van der Waals surface area contributed by atoms with Crippen molar-refractivity contribution in [1.29, 1.82) is 0 Å². The Labute approximate surface area is 151 Å². The summed E-state index contributed by atoms with van der Waals surface area (Å²) in [7, 11) is -0.920. The maximum absolute atomic E-state index is 14.4. The van der Waals surface area contributed by atoms with Crippen LogP contribution in [-0.2, 0) is 15.7 Å². The minimum Gasteiger partial charge on any atom is -0.407 e. The summed E-state index contributed by atoms with van der Waals surface area (Å²) >= 11 is 0.